The summed E-state index contributed by atoms with van der Waals surface area (Å²) in [5.74, 6) is -0.798. The van der Waals surface area contributed by atoms with Gasteiger partial charge in [0.15, 0.2) is 5.82 Å². The molecule has 136 valence electrons. The van der Waals surface area contributed by atoms with Crippen LogP contribution in [0.25, 0.3) is 16.6 Å². The Morgan fingerprint density at radius 1 is 1.00 bits per heavy atom. The smallest absolute Gasteiger partial charge is 0.266 e. The van der Waals surface area contributed by atoms with Crippen molar-refractivity contribution in [3.63, 3.8) is 0 Å². The number of likely N-dealkylation sites (N-methyl/N-ethyl adjacent to an activating group) is 1. The number of hydrogen-bond donors (Lipinski definition) is 0. The third-order valence-corrected chi connectivity index (χ3v) is 5.37. The highest BCUT2D eigenvalue weighted by Gasteiger charge is 2.36. The lowest BCUT2D eigenvalue weighted by atomic mass is 10.1. The highest BCUT2D eigenvalue weighted by Crippen LogP contribution is 2.36. The molecule has 2 aliphatic rings. The second-order valence-corrected chi connectivity index (χ2v) is 7.00. The lowest BCUT2D eigenvalue weighted by Crippen LogP contribution is -2.45. The first-order valence-corrected chi connectivity index (χ1v) is 8.89. The predicted octanol–water partition coefficient (Wildman–Crippen LogP) is 1.82. The van der Waals surface area contributed by atoms with Crippen LogP contribution in [-0.2, 0) is 0 Å². The van der Waals surface area contributed by atoms with Crippen LogP contribution in [0.1, 0.15) is 16.2 Å². The fourth-order valence-electron chi connectivity index (χ4n) is 3.92. The largest absolute Gasteiger partial charge is 0.366 e. The van der Waals surface area contributed by atoms with E-state index in [4.69, 9.17) is 0 Å². The number of carbonyl (C=O) groups excluding carboxylic acids is 1. The van der Waals surface area contributed by atoms with Gasteiger partial charge in [0, 0.05) is 26.2 Å². The molecule has 27 heavy (non-hydrogen) atoms. The van der Waals surface area contributed by atoms with Crippen molar-refractivity contribution in [2.24, 2.45) is 0 Å². The minimum Gasteiger partial charge on any atom is -0.366 e. The molecular weight excluding hydrogens is 347 g/mol. The Morgan fingerprint density at radius 3 is 2.52 bits per heavy atom. The fourth-order valence-corrected chi connectivity index (χ4v) is 3.92. The van der Waals surface area contributed by atoms with E-state index < -0.39 is 11.6 Å². The number of halogens is 1. The van der Waals surface area contributed by atoms with E-state index in [2.05, 4.69) is 9.88 Å². The monoisotopic (exact) mass is 364 g/mol. The minimum absolute atomic E-state index is 0.0506. The van der Waals surface area contributed by atoms with E-state index in [1.807, 2.05) is 11.9 Å². The molecule has 1 aromatic heterocycles. The molecule has 6 nitrogen and oxygen atoms in total. The van der Waals surface area contributed by atoms with Crippen molar-refractivity contribution in [3.8, 4) is 5.69 Å². The van der Waals surface area contributed by atoms with Gasteiger partial charge in [-0.25, -0.2) is 9.37 Å². The molecule has 0 radical (unpaired) electrons. The summed E-state index contributed by atoms with van der Waals surface area (Å²) < 4.78 is 16.1. The first-order chi connectivity index (χ1) is 13.1. The van der Waals surface area contributed by atoms with Gasteiger partial charge in [0.1, 0.15) is 5.82 Å². The maximum atomic E-state index is 14.8. The SMILES string of the molecule is CN1CCN(c2c(F)ccc3c2C(=O)c2nc4ccccc4c(=O)n2-3)CC1. The summed E-state index contributed by atoms with van der Waals surface area (Å²) >= 11 is 0. The van der Waals surface area contributed by atoms with Gasteiger partial charge in [-0.3, -0.25) is 14.2 Å². The number of fused-ring (bicyclic) bond motifs is 4. The highest BCUT2D eigenvalue weighted by atomic mass is 19.1. The number of anilines is 1. The molecule has 7 heteroatoms. The average Bonchev–Trinajstić information content (AvgIpc) is 2.96. The molecule has 2 aliphatic heterocycles. The van der Waals surface area contributed by atoms with E-state index in [-0.39, 0.29) is 22.6 Å². The zero-order valence-corrected chi connectivity index (χ0v) is 14.8. The lowest BCUT2D eigenvalue weighted by molar-refractivity contribution is 0.103. The van der Waals surface area contributed by atoms with Crippen molar-refractivity contribution < 1.29 is 9.18 Å². The Hall–Kier alpha value is -3.06. The van der Waals surface area contributed by atoms with Gasteiger partial charge >= 0.3 is 0 Å². The molecule has 0 bridgehead atoms. The summed E-state index contributed by atoms with van der Waals surface area (Å²) in [6, 6.07) is 9.75. The zero-order valence-electron chi connectivity index (χ0n) is 14.8. The number of hydrogen-bond acceptors (Lipinski definition) is 5. The topological polar surface area (TPSA) is 58.4 Å². The quantitative estimate of drug-likeness (QED) is 0.516. The van der Waals surface area contributed by atoms with Gasteiger partial charge in [0.05, 0.1) is 27.8 Å². The Balaban J connectivity index is 1.76. The first kappa shape index (κ1) is 16.1. The maximum absolute atomic E-state index is 14.8. The van der Waals surface area contributed by atoms with E-state index in [0.29, 0.717) is 29.7 Å². The molecule has 3 aromatic rings. The summed E-state index contributed by atoms with van der Waals surface area (Å²) in [6.07, 6.45) is 0. The lowest BCUT2D eigenvalue weighted by Gasteiger charge is -2.35. The van der Waals surface area contributed by atoms with Crippen LogP contribution in [0.2, 0.25) is 0 Å². The number of nitrogens with zero attached hydrogens (tertiary/aromatic N) is 4. The standard InChI is InChI=1S/C20H17FN4O2/c1-23-8-10-24(11-9-23)17-13(21)6-7-15-16(17)18(26)19-22-14-5-3-2-4-12(14)20(27)25(15)19/h2-7H,8-11H2,1H3. The third kappa shape index (κ3) is 2.24. The van der Waals surface area contributed by atoms with Crippen molar-refractivity contribution in [2.45, 2.75) is 0 Å². The number of benzene rings is 2. The van der Waals surface area contributed by atoms with E-state index in [0.717, 1.165) is 13.1 Å². The van der Waals surface area contributed by atoms with Crippen molar-refractivity contribution >= 4 is 22.4 Å². The van der Waals surface area contributed by atoms with Gasteiger partial charge in [0.25, 0.3) is 5.56 Å². The van der Waals surface area contributed by atoms with Crippen molar-refractivity contribution in [2.75, 3.05) is 38.1 Å². The molecule has 0 aliphatic carbocycles. The number of piperazine rings is 1. The molecule has 0 saturated carbocycles. The van der Waals surface area contributed by atoms with Crippen molar-refractivity contribution in [1.82, 2.24) is 14.5 Å². The van der Waals surface area contributed by atoms with Gasteiger partial charge in [-0.1, -0.05) is 12.1 Å². The Kier molecular flexibility index (Phi) is 3.42. The number of ketones is 1. The maximum Gasteiger partial charge on any atom is 0.266 e. The van der Waals surface area contributed by atoms with Crippen molar-refractivity contribution in [1.29, 1.82) is 0 Å². The number of rotatable bonds is 1. The van der Waals surface area contributed by atoms with Gasteiger partial charge in [-0.15, -0.1) is 0 Å². The third-order valence-electron chi connectivity index (χ3n) is 5.37. The molecule has 0 spiro atoms. The number of carbonyl (C=O) groups is 1. The average molecular weight is 364 g/mol. The van der Waals surface area contributed by atoms with Crippen molar-refractivity contribution in [3.05, 3.63) is 64.0 Å². The van der Waals surface area contributed by atoms with Crippen LogP contribution < -0.4 is 10.5 Å². The second kappa shape index (κ2) is 5.72. The summed E-state index contributed by atoms with van der Waals surface area (Å²) in [6.45, 7) is 2.81. The van der Waals surface area contributed by atoms with Crippen LogP contribution in [0.15, 0.2) is 41.2 Å². The number of aromatic nitrogens is 2. The molecule has 2 aromatic carbocycles. The second-order valence-electron chi connectivity index (χ2n) is 7.00. The first-order valence-electron chi connectivity index (χ1n) is 8.89. The van der Waals surface area contributed by atoms with Gasteiger partial charge < -0.3 is 9.80 Å². The summed E-state index contributed by atoms with van der Waals surface area (Å²) in [7, 11) is 2.01. The Bertz CT molecular complexity index is 1160. The predicted molar refractivity (Wildman–Crippen MR) is 100 cm³/mol. The molecule has 1 fully saturated rings. The number of para-hydroxylation sites is 1. The summed E-state index contributed by atoms with van der Waals surface area (Å²) in [5.41, 5.74) is 1.09. The van der Waals surface area contributed by atoms with E-state index in [1.54, 1.807) is 24.3 Å². The van der Waals surface area contributed by atoms with Gasteiger partial charge in [0.2, 0.25) is 5.78 Å². The molecule has 0 atom stereocenters. The highest BCUT2D eigenvalue weighted by molar-refractivity contribution is 6.17. The van der Waals surface area contributed by atoms with E-state index in [9.17, 15) is 14.0 Å². The van der Waals surface area contributed by atoms with E-state index in [1.165, 1.54) is 16.7 Å². The molecule has 0 amide bonds. The normalized spacial score (nSPS) is 16.7. The van der Waals surface area contributed by atoms with Crippen LogP contribution in [0.3, 0.4) is 0 Å². The van der Waals surface area contributed by atoms with Gasteiger partial charge in [-0.05, 0) is 31.3 Å². The minimum atomic E-state index is -0.447. The molecule has 0 N–H and O–H groups in total. The molecular formula is C20H17FN4O2. The van der Waals surface area contributed by atoms with Crippen LogP contribution in [0, 0.1) is 5.82 Å². The van der Waals surface area contributed by atoms with Crippen LogP contribution in [-0.4, -0.2) is 53.5 Å². The fraction of sp³-hybridized carbons (Fsp3) is 0.250. The van der Waals surface area contributed by atoms with Gasteiger partial charge in [-0.2, -0.15) is 0 Å². The Labute approximate surface area is 154 Å². The molecule has 1 saturated heterocycles. The molecule has 0 unspecified atom stereocenters. The summed E-state index contributed by atoms with van der Waals surface area (Å²) in [5, 5.41) is 0.437. The van der Waals surface area contributed by atoms with Crippen LogP contribution >= 0.6 is 0 Å². The summed E-state index contributed by atoms with van der Waals surface area (Å²) in [4.78, 5) is 34.6. The van der Waals surface area contributed by atoms with Crippen LogP contribution in [0.4, 0.5) is 10.1 Å². The molecule has 3 heterocycles. The van der Waals surface area contributed by atoms with Crippen LogP contribution in [0.5, 0.6) is 0 Å². The zero-order chi connectivity index (χ0) is 18.7. The Morgan fingerprint density at radius 2 is 1.74 bits per heavy atom. The van der Waals surface area contributed by atoms with E-state index >= 15 is 0 Å². The molecule has 5 rings (SSSR count).